The van der Waals surface area contributed by atoms with Crippen LogP contribution in [0.1, 0.15) is 80.7 Å². The number of unbranched alkanes of at least 4 members (excludes halogenated alkanes) is 2. The lowest BCUT2D eigenvalue weighted by Gasteiger charge is -2.39. The fourth-order valence-electron chi connectivity index (χ4n) is 5.42. The number of fused-ring (bicyclic) bond motifs is 1. The van der Waals surface area contributed by atoms with E-state index >= 15 is 0 Å². The molecular weight excluding hydrogens is 456 g/mol. The minimum absolute atomic E-state index is 0.000461. The van der Waals surface area contributed by atoms with Crippen molar-refractivity contribution < 1.29 is 9.90 Å². The van der Waals surface area contributed by atoms with Crippen molar-refractivity contribution in [1.82, 2.24) is 5.32 Å². The molecule has 35 heavy (non-hydrogen) atoms. The Morgan fingerprint density at radius 2 is 2.09 bits per heavy atom. The zero-order valence-corrected chi connectivity index (χ0v) is 21.7. The highest BCUT2D eigenvalue weighted by Crippen LogP contribution is 2.47. The quantitative estimate of drug-likeness (QED) is 0.220. The van der Waals surface area contributed by atoms with Crippen molar-refractivity contribution in [2.75, 3.05) is 11.4 Å². The maximum atomic E-state index is 13.7. The van der Waals surface area contributed by atoms with Crippen molar-refractivity contribution in [3.63, 3.8) is 0 Å². The Labute approximate surface area is 213 Å². The SMILES string of the molecule is C[C@H]1CCC[C@@](C)(CCCCCN2C(=O)C(c3cccc(C(=N)N)c3)Sc3ccc(CO)cc32)N1. The van der Waals surface area contributed by atoms with E-state index in [0.29, 0.717) is 18.2 Å². The molecule has 2 aliphatic heterocycles. The second-order valence-corrected chi connectivity index (χ2v) is 11.4. The number of hydrogen-bond acceptors (Lipinski definition) is 5. The number of benzene rings is 2. The van der Waals surface area contributed by atoms with Gasteiger partial charge in [0.25, 0.3) is 0 Å². The minimum atomic E-state index is -0.381. The number of anilines is 1. The molecule has 7 heteroatoms. The molecule has 2 heterocycles. The van der Waals surface area contributed by atoms with Gasteiger partial charge < -0.3 is 21.1 Å². The van der Waals surface area contributed by atoms with Gasteiger partial charge in [0, 0.05) is 28.6 Å². The number of carbonyl (C=O) groups is 1. The molecule has 0 spiro atoms. The van der Waals surface area contributed by atoms with Crippen LogP contribution in [0.2, 0.25) is 0 Å². The van der Waals surface area contributed by atoms with Gasteiger partial charge in [0.15, 0.2) is 0 Å². The summed E-state index contributed by atoms with van der Waals surface area (Å²) < 4.78 is 0. The van der Waals surface area contributed by atoms with E-state index < -0.39 is 0 Å². The van der Waals surface area contributed by atoms with Gasteiger partial charge in [-0.15, -0.1) is 11.8 Å². The van der Waals surface area contributed by atoms with Crippen molar-refractivity contribution in [3.8, 4) is 0 Å². The predicted octanol–water partition coefficient (Wildman–Crippen LogP) is 5.12. The summed E-state index contributed by atoms with van der Waals surface area (Å²) in [6.07, 6.45) is 8.09. The molecule has 0 saturated carbocycles. The number of aliphatic hydroxyl groups excluding tert-OH is 1. The number of aliphatic hydroxyl groups is 1. The third-order valence-electron chi connectivity index (χ3n) is 7.30. The van der Waals surface area contributed by atoms with Crippen LogP contribution in [0.4, 0.5) is 5.69 Å². The van der Waals surface area contributed by atoms with Crippen molar-refractivity contribution in [3.05, 3.63) is 59.2 Å². The van der Waals surface area contributed by atoms with Crippen LogP contribution in [-0.4, -0.2) is 35.0 Å². The Balaban J connectivity index is 1.47. The number of rotatable bonds is 9. The Hall–Kier alpha value is -2.35. The first-order valence-electron chi connectivity index (χ1n) is 12.7. The lowest BCUT2D eigenvalue weighted by atomic mass is 9.84. The van der Waals surface area contributed by atoms with E-state index in [0.717, 1.165) is 47.4 Å². The molecule has 0 bridgehead atoms. The van der Waals surface area contributed by atoms with Crippen molar-refractivity contribution >= 4 is 29.2 Å². The average Bonchev–Trinajstić information content (AvgIpc) is 2.84. The molecule has 0 radical (unpaired) electrons. The summed E-state index contributed by atoms with van der Waals surface area (Å²) >= 11 is 1.53. The highest BCUT2D eigenvalue weighted by molar-refractivity contribution is 8.00. The number of nitrogens with one attached hydrogen (secondary N) is 2. The predicted molar refractivity (Wildman–Crippen MR) is 144 cm³/mol. The second-order valence-electron chi connectivity index (χ2n) is 10.3. The monoisotopic (exact) mass is 494 g/mol. The van der Waals surface area contributed by atoms with Crippen LogP contribution in [0.5, 0.6) is 0 Å². The molecule has 1 unspecified atom stereocenters. The Kier molecular flexibility index (Phi) is 8.19. The van der Waals surface area contributed by atoms with Crippen LogP contribution < -0.4 is 16.0 Å². The Bertz CT molecular complexity index is 1070. The van der Waals surface area contributed by atoms with Crippen LogP contribution in [-0.2, 0) is 11.4 Å². The fourth-order valence-corrected chi connectivity index (χ4v) is 6.62. The van der Waals surface area contributed by atoms with E-state index in [2.05, 4.69) is 19.2 Å². The molecular formula is C28H38N4O2S. The highest BCUT2D eigenvalue weighted by Gasteiger charge is 2.35. The standard InChI is InChI=1S/C28H38N4O2S/c1-19-8-7-14-28(2,31-19)13-4-3-5-15-32-23-16-20(18-33)11-12-24(23)35-25(27(32)34)21-9-6-10-22(17-21)26(29)30/h6,9-12,16-17,19,25,31,33H,3-5,7-8,13-15,18H2,1-2H3,(H3,29,30)/t19-,25?,28+/m0/s1. The summed E-state index contributed by atoms with van der Waals surface area (Å²) in [5, 5.41) is 20.8. The maximum Gasteiger partial charge on any atom is 0.245 e. The van der Waals surface area contributed by atoms with Crippen LogP contribution in [0, 0.1) is 5.41 Å². The fraction of sp³-hybridized carbons (Fsp3) is 0.500. The minimum Gasteiger partial charge on any atom is -0.392 e. The summed E-state index contributed by atoms with van der Waals surface area (Å²) in [6, 6.07) is 13.9. The van der Waals surface area contributed by atoms with Crippen LogP contribution in [0.25, 0.3) is 0 Å². The van der Waals surface area contributed by atoms with Crippen LogP contribution in [0.15, 0.2) is 47.4 Å². The molecule has 5 N–H and O–H groups in total. The largest absolute Gasteiger partial charge is 0.392 e. The normalized spacial score (nSPS) is 24.3. The summed E-state index contributed by atoms with van der Waals surface area (Å²) in [6.45, 7) is 5.23. The van der Waals surface area contributed by atoms with Crippen molar-refractivity contribution in [2.45, 2.75) is 87.1 Å². The van der Waals surface area contributed by atoms with Gasteiger partial charge in [-0.25, -0.2) is 0 Å². The van der Waals surface area contributed by atoms with E-state index in [-0.39, 0.29) is 29.1 Å². The van der Waals surface area contributed by atoms with Crippen LogP contribution >= 0.6 is 11.8 Å². The first-order chi connectivity index (χ1) is 16.8. The van der Waals surface area contributed by atoms with E-state index in [1.807, 2.05) is 41.3 Å². The molecule has 2 aliphatic rings. The molecule has 2 aromatic rings. The third kappa shape index (κ3) is 6.08. The van der Waals surface area contributed by atoms with E-state index in [1.165, 1.54) is 31.0 Å². The van der Waals surface area contributed by atoms with Crippen molar-refractivity contribution in [2.24, 2.45) is 5.73 Å². The molecule has 3 atom stereocenters. The Morgan fingerprint density at radius 3 is 2.83 bits per heavy atom. The molecule has 0 aromatic heterocycles. The molecule has 4 rings (SSSR count). The van der Waals surface area contributed by atoms with Gasteiger partial charge in [0.2, 0.25) is 5.91 Å². The molecule has 1 saturated heterocycles. The number of nitrogen functional groups attached to an aromatic ring is 1. The smallest absolute Gasteiger partial charge is 0.245 e. The first kappa shape index (κ1) is 25.7. The molecule has 188 valence electrons. The first-order valence-corrected chi connectivity index (χ1v) is 13.6. The van der Waals surface area contributed by atoms with Gasteiger partial charge in [-0.2, -0.15) is 0 Å². The number of hydrogen-bond donors (Lipinski definition) is 4. The van der Waals surface area contributed by atoms with Crippen molar-refractivity contribution in [1.29, 1.82) is 5.41 Å². The summed E-state index contributed by atoms with van der Waals surface area (Å²) in [5.41, 5.74) is 9.12. The van der Waals surface area contributed by atoms with E-state index in [1.54, 1.807) is 6.07 Å². The Morgan fingerprint density at radius 1 is 1.26 bits per heavy atom. The summed E-state index contributed by atoms with van der Waals surface area (Å²) in [5.74, 6) is 0.0496. The topological polar surface area (TPSA) is 102 Å². The van der Waals surface area contributed by atoms with Gasteiger partial charge in [0.05, 0.1) is 12.3 Å². The molecule has 2 aromatic carbocycles. The van der Waals surface area contributed by atoms with Crippen LogP contribution in [0.3, 0.4) is 0 Å². The van der Waals surface area contributed by atoms with Gasteiger partial charge in [-0.3, -0.25) is 10.2 Å². The highest BCUT2D eigenvalue weighted by atomic mass is 32.2. The second kappa shape index (κ2) is 11.1. The summed E-state index contributed by atoms with van der Waals surface area (Å²) in [7, 11) is 0. The van der Waals surface area contributed by atoms with Gasteiger partial charge in [0.1, 0.15) is 11.1 Å². The zero-order chi connectivity index (χ0) is 25.0. The third-order valence-corrected chi connectivity index (χ3v) is 8.61. The number of amidine groups is 1. The molecule has 6 nitrogen and oxygen atoms in total. The summed E-state index contributed by atoms with van der Waals surface area (Å²) in [4.78, 5) is 16.7. The maximum absolute atomic E-state index is 13.7. The lowest BCUT2D eigenvalue weighted by Crippen LogP contribution is -2.50. The average molecular weight is 495 g/mol. The van der Waals surface area contributed by atoms with Gasteiger partial charge >= 0.3 is 0 Å². The molecule has 1 fully saturated rings. The van der Waals surface area contributed by atoms with Gasteiger partial charge in [-0.1, -0.05) is 43.5 Å². The molecule has 0 aliphatic carbocycles. The number of nitrogens with two attached hydrogens (primary N) is 1. The number of piperidine rings is 1. The number of amides is 1. The zero-order valence-electron chi connectivity index (χ0n) is 20.8. The number of thioether (sulfide) groups is 1. The van der Waals surface area contributed by atoms with E-state index in [9.17, 15) is 9.90 Å². The lowest BCUT2D eigenvalue weighted by molar-refractivity contribution is -0.118. The number of carbonyl (C=O) groups excluding carboxylic acids is 1. The number of nitrogens with zero attached hydrogens (tertiary/aromatic N) is 1. The van der Waals surface area contributed by atoms with E-state index in [4.69, 9.17) is 11.1 Å². The van der Waals surface area contributed by atoms with Gasteiger partial charge in [-0.05, 0) is 68.9 Å². The molecule has 1 amide bonds.